The zero-order valence-corrected chi connectivity index (χ0v) is 13.4. The van der Waals surface area contributed by atoms with Crippen LogP contribution in [-0.4, -0.2) is 30.5 Å². The summed E-state index contributed by atoms with van der Waals surface area (Å²) in [6.07, 6.45) is 7.99. The molecule has 4 heteroatoms. The van der Waals surface area contributed by atoms with Crippen molar-refractivity contribution in [2.45, 2.75) is 51.5 Å². The molecule has 2 aliphatic rings. The van der Waals surface area contributed by atoms with Crippen LogP contribution in [-0.2, 0) is 0 Å². The predicted octanol–water partition coefficient (Wildman–Crippen LogP) is 2.84. The number of aliphatic imine (C=N–C) groups is 1. The fourth-order valence-corrected chi connectivity index (χ4v) is 2.49. The molecule has 0 aromatic carbocycles. The van der Waals surface area contributed by atoms with Crippen molar-refractivity contribution in [2.75, 3.05) is 13.6 Å². The molecule has 0 spiro atoms. The molecule has 0 unspecified atom stereocenters. The Kier molecular flexibility index (Phi) is 6.03. The van der Waals surface area contributed by atoms with Gasteiger partial charge < -0.3 is 10.6 Å². The highest BCUT2D eigenvalue weighted by Crippen LogP contribution is 2.28. The summed E-state index contributed by atoms with van der Waals surface area (Å²) in [6, 6.07) is 0.676. The number of nitrogens with zero attached hydrogens (tertiary/aromatic N) is 2. The van der Waals surface area contributed by atoms with Gasteiger partial charge in [-0.2, -0.15) is 0 Å². The van der Waals surface area contributed by atoms with Crippen LogP contribution in [0.25, 0.3) is 0 Å². The van der Waals surface area contributed by atoms with Gasteiger partial charge in [0.25, 0.3) is 0 Å². The number of nitrogens with two attached hydrogens (primary N) is 1. The quantitative estimate of drug-likeness (QED) is 0.483. The van der Waals surface area contributed by atoms with Crippen LogP contribution >= 0.6 is 24.0 Å². The first-order valence-corrected chi connectivity index (χ1v) is 6.69. The first-order chi connectivity index (χ1) is 7.66. The van der Waals surface area contributed by atoms with Gasteiger partial charge in [0.2, 0.25) is 0 Å². The van der Waals surface area contributed by atoms with Gasteiger partial charge >= 0.3 is 0 Å². The van der Waals surface area contributed by atoms with E-state index in [0.29, 0.717) is 6.04 Å². The molecule has 2 fully saturated rings. The minimum atomic E-state index is 0. The van der Waals surface area contributed by atoms with Gasteiger partial charge in [0.05, 0.1) is 0 Å². The number of guanidine groups is 1. The predicted molar refractivity (Wildman–Crippen MR) is 83.8 cm³/mol. The zero-order valence-electron chi connectivity index (χ0n) is 11.1. The normalized spacial score (nSPS) is 29.6. The Morgan fingerprint density at radius 2 is 1.76 bits per heavy atom. The van der Waals surface area contributed by atoms with Crippen LogP contribution in [0, 0.1) is 11.8 Å². The van der Waals surface area contributed by atoms with Crippen LogP contribution in [0.4, 0.5) is 0 Å². The maximum Gasteiger partial charge on any atom is 0.191 e. The molecular formula is C13H26IN3. The summed E-state index contributed by atoms with van der Waals surface area (Å²) in [7, 11) is 2.07. The third kappa shape index (κ3) is 4.64. The van der Waals surface area contributed by atoms with Crippen molar-refractivity contribution >= 4 is 29.9 Å². The molecule has 0 aliphatic heterocycles. The molecule has 0 heterocycles. The van der Waals surface area contributed by atoms with Crippen molar-refractivity contribution in [3.05, 3.63) is 0 Å². The smallest absolute Gasteiger partial charge is 0.191 e. The number of rotatable bonds is 3. The molecule has 0 radical (unpaired) electrons. The van der Waals surface area contributed by atoms with E-state index in [1.54, 1.807) is 0 Å². The van der Waals surface area contributed by atoms with Gasteiger partial charge in [0.1, 0.15) is 0 Å². The highest BCUT2D eigenvalue weighted by atomic mass is 127. The average molecular weight is 351 g/mol. The molecule has 0 aromatic rings. The highest BCUT2D eigenvalue weighted by molar-refractivity contribution is 14.0. The summed E-state index contributed by atoms with van der Waals surface area (Å²) >= 11 is 0. The molecule has 17 heavy (non-hydrogen) atoms. The van der Waals surface area contributed by atoms with Gasteiger partial charge in [-0.3, -0.25) is 4.99 Å². The molecule has 0 atom stereocenters. The van der Waals surface area contributed by atoms with Crippen LogP contribution in [0.5, 0.6) is 0 Å². The Morgan fingerprint density at radius 3 is 2.29 bits per heavy atom. The minimum absolute atomic E-state index is 0. The topological polar surface area (TPSA) is 41.6 Å². The fraction of sp³-hybridized carbons (Fsp3) is 0.923. The summed E-state index contributed by atoms with van der Waals surface area (Å²) in [6.45, 7) is 3.30. The van der Waals surface area contributed by atoms with Gasteiger partial charge in [0.15, 0.2) is 5.96 Å². The third-order valence-corrected chi connectivity index (χ3v) is 4.10. The van der Waals surface area contributed by atoms with E-state index in [9.17, 15) is 0 Å². The SMILES string of the molecule is CC1CCC(CN=C(N)N(C)C2CC2)CC1.I. The largest absolute Gasteiger partial charge is 0.370 e. The monoisotopic (exact) mass is 351 g/mol. The number of hydrogen-bond acceptors (Lipinski definition) is 1. The summed E-state index contributed by atoms with van der Waals surface area (Å²) < 4.78 is 0. The highest BCUT2D eigenvalue weighted by Gasteiger charge is 2.27. The molecule has 0 aromatic heterocycles. The Morgan fingerprint density at radius 1 is 1.18 bits per heavy atom. The van der Waals surface area contributed by atoms with Gasteiger partial charge in [-0.15, -0.1) is 24.0 Å². The van der Waals surface area contributed by atoms with Crippen LogP contribution in [0.2, 0.25) is 0 Å². The molecule has 2 N–H and O–H groups in total. The van der Waals surface area contributed by atoms with Crippen molar-refractivity contribution in [1.82, 2.24) is 4.90 Å². The van der Waals surface area contributed by atoms with E-state index in [4.69, 9.17) is 5.73 Å². The Labute approximate surface area is 122 Å². The van der Waals surface area contributed by atoms with Crippen molar-refractivity contribution in [2.24, 2.45) is 22.6 Å². The van der Waals surface area contributed by atoms with E-state index in [2.05, 4.69) is 23.9 Å². The van der Waals surface area contributed by atoms with E-state index in [1.165, 1.54) is 38.5 Å². The maximum absolute atomic E-state index is 5.98. The lowest BCUT2D eigenvalue weighted by atomic mass is 9.83. The van der Waals surface area contributed by atoms with E-state index in [1.807, 2.05) is 0 Å². The maximum atomic E-state index is 5.98. The molecule has 0 bridgehead atoms. The van der Waals surface area contributed by atoms with Crippen molar-refractivity contribution in [3.8, 4) is 0 Å². The Balaban J connectivity index is 0.00000144. The van der Waals surface area contributed by atoms with E-state index < -0.39 is 0 Å². The molecule has 2 rings (SSSR count). The average Bonchev–Trinajstić information content (AvgIpc) is 3.11. The van der Waals surface area contributed by atoms with Crippen molar-refractivity contribution in [3.63, 3.8) is 0 Å². The number of hydrogen-bond donors (Lipinski definition) is 1. The second-order valence-electron chi connectivity index (χ2n) is 5.67. The molecule has 0 saturated heterocycles. The lowest BCUT2D eigenvalue weighted by Crippen LogP contribution is -2.36. The summed E-state index contributed by atoms with van der Waals surface area (Å²) in [5.74, 6) is 2.45. The van der Waals surface area contributed by atoms with Gasteiger partial charge in [-0.1, -0.05) is 19.8 Å². The molecule has 0 amide bonds. The second-order valence-corrected chi connectivity index (χ2v) is 5.67. The standard InChI is InChI=1S/C13H25N3.HI/c1-10-3-5-11(6-4-10)9-15-13(14)16(2)12-7-8-12;/h10-12H,3-9H2,1-2H3,(H2,14,15);1H. The molecule has 100 valence electrons. The van der Waals surface area contributed by atoms with E-state index >= 15 is 0 Å². The lowest BCUT2D eigenvalue weighted by Gasteiger charge is -2.25. The third-order valence-electron chi connectivity index (χ3n) is 4.10. The Bertz CT molecular complexity index is 255. The summed E-state index contributed by atoms with van der Waals surface area (Å²) in [5, 5.41) is 0. The zero-order chi connectivity index (χ0) is 11.5. The fourth-order valence-electron chi connectivity index (χ4n) is 2.49. The van der Waals surface area contributed by atoms with Gasteiger partial charge in [-0.25, -0.2) is 0 Å². The molecular weight excluding hydrogens is 325 g/mol. The molecule has 2 aliphatic carbocycles. The Hall–Kier alpha value is 0. The van der Waals surface area contributed by atoms with Crippen LogP contribution in [0.15, 0.2) is 4.99 Å². The van der Waals surface area contributed by atoms with Crippen LogP contribution in [0.3, 0.4) is 0 Å². The summed E-state index contributed by atoms with van der Waals surface area (Å²) in [5.41, 5.74) is 5.98. The van der Waals surface area contributed by atoms with E-state index in [0.717, 1.165) is 24.3 Å². The second kappa shape index (κ2) is 6.81. The first kappa shape index (κ1) is 15.1. The van der Waals surface area contributed by atoms with Crippen molar-refractivity contribution < 1.29 is 0 Å². The molecule has 2 saturated carbocycles. The van der Waals surface area contributed by atoms with Crippen LogP contribution in [0.1, 0.15) is 45.4 Å². The van der Waals surface area contributed by atoms with Crippen molar-refractivity contribution in [1.29, 1.82) is 0 Å². The summed E-state index contributed by atoms with van der Waals surface area (Å²) in [4.78, 5) is 6.70. The van der Waals surface area contributed by atoms with Gasteiger partial charge in [0, 0.05) is 19.6 Å². The lowest BCUT2D eigenvalue weighted by molar-refractivity contribution is 0.295. The van der Waals surface area contributed by atoms with Crippen LogP contribution < -0.4 is 5.73 Å². The molecule has 3 nitrogen and oxygen atoms in total. The first-order valence-electron chi connectivity index (χ1n) is 6.69. The number of halogens is 1. The van der Waals surface area contributed by atoms with Gasteiger partial charge in [-0.05, 0) is 37.5 Å². The van der Waals surface area contributed by atoms with E-state index in [-0.39, 0.29) is 24.0 Å². The minimum Gasteiger partial charge on any atom is -0.370 e.